The molecule has 1 aliphatic heterocycles. The number of nitrogens with one attached hydrogen (secondary N) is 1. The second-order valence-electron chi connectivity index (χ2n) is 5.24. The summed E-state index contributed by atoms with van der Waals surface area (Å²) in [4.78, 5) is 10.3. The Morgan fingerprint density at radius 3 is 2.71 bits per heavy atom. The highest BCUT2D eigenvalue weighted by molar-refractivity contribution is 7.90. The Bertz CT molecular complexity index is 638. The van der Waals surface area contributed by atoms with E-state index in [0.29, 0.717) is 13.2 Å². The maximum atomic E-state index is 11.7. The number of anilines is 1. The van der Waals surface area contributed by atoms with E-state index in [4.69, 9.17) is 4.74 Å². The molecule has 0 radical (unpaired) electrons. The van der Waals surface area contributed by atoms with Crippen molar-refractivity contribution in [2.24, 2.45) is 5.92 Å². The molecule has 21 heavy (non-hydrogen) atoms. The number of hydrogen-bond acceptors (Lipinski definition) is 6. The molecule has 0 bridgehead atoms. The third-order valence-electron chi connectivity index (χ3n) is 3.64. The van der Waals surface area contributed by atoms with E-state index in [1.165, 1.54) is 18.2 Å². The van der Waals surface area contributed by atoms with Crippen molar-refractivity contribution in [2.45, 2.75) is 24.3 Å². The Balaban J connectivity index is 2.37. The molecule has 116 valence electrons. The predicted molar refractivity (Wildman–Crippen MR) is 78.2 cm³/mol. The molecule has 1 heterocycles. The fourth-order valence-electron chi connectivity index (χ4n) is 2.44. The molecule has 0 amide bonds. The van der Waals surface area contributed by atoms with Gasteiger partial charge in [0.1, 0.15) is 10.6 Å². The molecule has 1 N–H and O–H groups in total. The van der Waals surface area contributed by atoms with Crippen molar-refractivity contribution >= 4 is 21.2 Å². The van der Waals surface area contributed by atoms with Gasteiger partial charge in [-0.25, -0.2) is 8.42 Å². The minimum atomic E-state index is -3.66. The number of ether oxygens (including phenoxy) is 1. The molecule has 1 aromatic carbocycles. The summed E-state index contributed by atoms with van der Waals surface area (Å²) in [5.41, 5.74) is -0.173. The zero-order valence-corrected chi connectivity index (χ0v) is 12.7. The molecular weight excluding hydrogens is 296 g/mol. The van der Waals surface area contributed by atoms with Crippen LogP contribution in [0.4, 0.5) is 11.4 Å². The summed E-state index contributed by atoms with van der Waals surface area (Å²) in [5.74, 6) is 0.256. The molecule has 1 fully saturated rings. The summed E-state index contributed by atoms with van der Waals surface area (Å²) in [6, 6.07) is 4.24. The van der Waals surface area contributed by atoms with Crippen LogP contribution < -0.4 is 5.32 Å². The average molecular weight is 314 g/mol. The smallest absolute Gasteiger partial charge is 0.310 e. The number of benzene rings is 1. The first kappa shape index (κ1) is 15.7. The first-order valence-electron chi connectivity index (χ1n) is 6.62. The number of para-hydroxylation sites is 1. The second kappa shape index (κ2) is 5.98. The Hall–Kier alpha value is -1.67. The zero-order valence-electron chi connectivity index (χ0n) is 11.9. The molecule has 1 aromatic rings. The Labute approximate surface area is 123 Å². The van der Waals surface area contributed by atoms with Gasteiger partial charge in [-0.15, -0.1) is 0 Å². The van der Waals surface area contributed by atoms with Gasteiger partial charge in [-0.3, -0.25) is 10.1 Å². The molecule has 1 saturated heterocycles. The van der Waals surface area contributed by atoms with E-state index in [1.807, 2.05) is 6.92 Å². The van der Waals surface area contributed by atoms with Crippen LogP contribution in [0.3, 0.4) is 0 Å². The fourth-order valence-corrected chi connectivity index (χ4v) is 3.30. The van der Waals surface area contributed by atoms with Gasteiger partial charge in [0.05, 0.1) is 11.5 Å². The van der Waals surface area contributed by atoms with Crippen LogP contribution in [0, 0.1) is 16.0 Å². The molecule has 2 rings (SSSR count). The third-order valence-corrected chi connectivity index (χ3v) is 4.76. The van der Waals surface area contributed by atoms with Crippen LogP contribution in [0.25, 0.3) is 0 Å². The topological polar surface area (TPSA) is 98.5 Å². The highest BCUT2D eigenvalue weighted by atomic mass is 32.2. The van der Waals surface area contributed by atoms with Crippen LogP contribution in [0.1, 0.15) is 13.3 Å². The summed E-state index contributed by atoms with van der Waals surface area (Å²) in [6.07, 6.45) is 1.85. The van der Waals surface area contributed by atoms with Gasteiger partial charge in [0.15, 0.2) is 9.84 Å². The summed E-state index contributed by atoms with van der Waals surface area (Å²) in [5, 5.41) is 14.3. The molecule has 0 saturated carbocycles. The largest absolute Gasteiger partial charge is 0.381 e. The lowest BCUT2D eigenvalue weighted by atomic mass is 10.0. The van der Waals surface area contributed by atoms with Crippen LogP contribution >= 0.6 is 0 Å². The van der Waals surface area contributed by atoms with E-state index >= 15 is 0 Å². The van der Waals surface area contributed by atoms with Crippen molar-refractivity contribution in [1.82, 2.24) is 0 Å². The summed E-state index contributed by atoms with van der Waals surface area (Å²) < 4.78 is 28.7. The van der Waals surface area contributed by atoms with Crippen LogP contribution in [0.15, 0.2) is 23.1 Å². The minimum Gasteiger partial charge on any atom is -0.381 e. The van der Waals surface area contributed by atoms with Crippen LogP contribution in [-0.2, 0) is 14.6 Å². The van der Waals surface area contributed by atoms with E-state index in [1.54, 1.807) is 0 Å². The molecule has 0 spiro atoms. The Kier molecular flexibility index (Phi) is 4.48. The van der Waals surface area contributed by atoms with Gasteiger partial charge < -0.3 is 10.1 Å². The van der Waals surface area contributed by atoms with Gasteiger partial charge in [-0.05, 0) is 25.5 Å². The molecule has 7 nitrogen and oxygen atoms in total. The van der Waals surface area contributed by atoms with E-state index in [9.17, 15) is 18.5 Å². The lowest BCUT2D eigenvalue weighted by Gasteiger charge is -2.20. The average Bonchev–Trinajstić information content (AvgIpc) is 2.91. The van der Waals surface area contributed by atoms with Gasteiger partial charge in [0.25, 0.3) is 0 Å². The zero-order chi connectivity index (χ0) is 15.6. The van der Waals surface area contributed by atoms with E-state index in [0.717, 1.165) is 12.7 Å². The normalized spacial score (nSPS) is 20.2. The SMILES string of the molecule is CC(Nc1cccc(S(C)(=O)=O)c1[N+](=O)[O-])C1CCOC1. The van der Waals surface area contributed by atoms with Gasteiger partial charge in [-0.2, -0.15) is 0 Å². The van der Waals surface area contributed by atoms with Crippen molar-refractivity contribution in [1.29, 1.82) is 0 Å². The van der Waals surface area contributed by atoms with E-state index in [-0.39, 0.29) is 22.5 Å². The summed E-state index contributed by atoms with van der Waals surface area (Å²) in [7, 11) is -3.66. The quantitative estimate of drug-likeness (QED) is 0.657. The highest BCUT2D eigenvalue weighted by Gasteiger charge is 2.29. The number of rotatable bonds is 5. The van der Waals surface area contributed by atoms with Crippen molar-refractivity contribution < 1.29 is 18.1 Å². The van der Waals surface area contributed by atoms with Crippen LogP contribution in [0.2, 0.25) is 0 Å². The third kappa shape index (κ3) is 3.51. The number of sulfone groups is 1. The predicted octanol–water partition coefficient (Wildman–Crippen LogP) is 1.84. The maximum Gasteiger partial charge on any atom is 0.310 e. The van der Waals surface area contributed by atoms with Crippen LogP contribution in [-0.4, -0.2) is 38.9 Å². The second-order valence-corrected chi connectivity index (χ2v) is 7.22. The monoisotopic (exact) mass is 314 g/mol. The highest BCUT2D eigenvalue weighted by Crippen LogP contribution is 2.33. The van der Waals surface area contributed by atoms with Gasteiger partial charge in [0.2, 0.25) is 0 Å². The number of nitro groups is 1. The fraction of sp³-hybridized carbons (Fsp3) is 0.538. The van der Waals surface area contributed by atoms with Gasteiger partial charge >= 0.3 is 5.69 Å². The molecule has 0 aliphatic carbocycles. The Morgan fingerprint density at radius 2 is 2.19 bits per heavy atom. The van der Waals surface area contributed by atoms with Crippen molar-refractivity contribution in [2.75, 3.05) is 24.8 Å². The van der Waals surface area contributed by atoms with E-state index < -0.39 is 20.4 Å². The van der Waals surface area contributed by atoms with Crippen molar-refractivity contribution in [3.63, 3.8) is 0 Å². The number of nitro benzene ring substituents is 1. The number of nitrogens with zero attached hydrogens (tertiary/aromatic N) is 1. The van der Waals surface area contributed by atoms with Gasteiger partial charge in [0, 0.05) is 24.8 Å². The molecule has 8 heteroatoms. The summed E-state index contributed by atoms with van der Waals surface area (Å²) in [6.45, 7) is 3.20. The lowest BCUT2D eigenvalue weighted by Crippen LogP contribution is -2.26. The van der Waals surface area contributed by atoms with E-state index in [2.05, 4.69) is 5.32 Å². The summed E-state index contributed by atoms with van der Waals surface area (Å²) >= 11 is 0. The standard InChI is InChI=1S/C13H18N2O5S/c1-9(10-6-7-20-8-10)14-11-4-3-5-12(21(2,18)19)13(11)15(16)17/h3-5,9-10,14H,6-8H2,1-2H3. The van der Waals surface area contributed by atoms with Gasteiger partial charge in [-0.1, -0.05) is 6.07 Å². The number of hydrogen-bond donors (Lipinski definition) is 1. The van der Waals surface area contributed by atoms with Crippen LogP contribution in [0.5, 0.6) is 0 Å². The van der Waals surface area contributed by atoms with Crippen molar-refractivity contribution in [3.8, 4) is 0 Å². The molecule has 2 unspecified atom stereocenters. The first-order valence-corrected chi connectivity index (χ1v) is 8.51. The lowest BCUT2D eigenvalue weighted by molar-refractivity contribution is -0.386. The molecule has 2 atom stereocenters. The molecular formula is C13H18N2O5S. The molecule has 0 aromatic heterocycles. The Morgan fingerprint density at radius 1 is 1.48 bits per heavy atom. The van der Waals surface area contributed by atoms with Crippen molar-refractivity contribution in [3.05, 3.63) is 28.3 Å². The maximum absolute atomic E-state index is 11.7. The minimum absolute atomic E-state index is 0.0407. The first-order chi connectivity index (χ1) is 9.80. The molecule has 1 aliphatic rings.